The number of esters is 1. The summed E-state index contributed by atoms with van der Waals surface area (Å²) in [4.78, 5) is 25.9. The monoisotopic (exact) mass is 409 g/mol. The van der Waals surface area contributed by atoms with Gasteiger partial charge in [0.05, 0.1) is 19.2 Å². The second-order valence-corrected chi connectivity index (χ2v) is 7.51. The van der Waals surface area contributed by atoms with Gasteiger partial charge in [-0.1, -0.05) is 30.3 Å². The van der Waals surface area contributed by atoms with Crippen LogP contribution in [0.1, 0.15) is 26.3 Å². The number of likely N-dealkylation sites (tertiary alicyclic amines) is 1. The summed E-state index contributed by atoms with van der Waals surface area (Å²) < 4.78 is 21.8. The minimum Gasteiger partial charge on any atom is -0.464 e. The fourth-order valence-electron chi connectivity index (χ4n) is 3.72. The van der Waals surface area contributed by atoms with Crippen molar-refractivity contribution in [3.8, 4) is 0 Å². The number of hydrogen-bond donors (Lipinski definition) is 2. The molecule has 0 radical (unpaired) electrons. The molecule has 2 aliphatic rings. The molecule has 0 unspecified atom stereocenters. The molecular weight excluding hydrogens is 382 g/mol. The van der Waals surface area contributed by atoms with Gasteiger partial charge in [0, 0.05) is 0 Å². The van der Waals surface area contributed by atoms with Crippen molar-refractivity contribution >= 4 is 12.1 Å². The molecule has 9 heteroatoms. The van der Waals surface area contributed by atoms with Crippen LogP contribution in [0.2, 0.25) is 0 Å². The minimum absolute atomic E-state index is 0.0436. The molecule has 0 saturated carbocycles. The van der Waals surface area contributed by atoms with Crippen molar-refractivity contribution in [3.63, 3.8) is 0 Å². The van der Waals surface area contributed by atoms with E-state index in [-0.39, 0.29) is 19.8 Å². The summed E-state index contributed by atoms with van der Waals surface area (Å²) in [6.07, 6.45) is -5.42. The molecule has 5 atom stereocenters. The van der Waals surface area contributed by atoms with Crippen LogP contribution in [0.4, 0.5) is 4.79 Å². The molecule has 9 nitrogen and oxygen atoms in total. The van der Waals surface area contributed by atoms with Gasteiger partial charge >= 0.3 is 12.1 Å². The fourth-order valence-corrected chi connectivity index (χ4v) is 3.72. The van der Waals surface area contributed by atoms with Gasteiger partial charge in [-0.2, -0.15) is 0 Å². The molecule has 1 amide bonds. The van der Waals surface area contributed by atoms with E-state index in [1.165, 1.54) is 4.90 Å². The number of carbonyl (C=O) groups excluding carboxylic acids is 2. The van der Waals surface area contributed by atoms with E-state index >= 15 is 0 Å². The van der Waals surface area contributed by atoms with E-state index in [2.05, 4.69) is 0 Å². The molecule has 1 aromatic rings. The average Bonchev–Trinajstić information content (AvgIpc) is 3.17. The van der Waals surface area contributed by atoms with Gasteiger partial charge in [0.2, 0.25) is 0 Å². The Morgan fingerprint density at radius 2 is 1.90 bits per heavy atom. The van der Waals surface area contributed by atoms with Crippen molar-refractivity contribution in [1.82, 2.24) is 4.90 Å². The van der Waals surface area contributed by atoms with Crippen LogP contribution < -0.4 is 0 Å². The van der Waals surface area contributed by atoms with E-state index in [0.717, 1.165) is 5.56 Å². The second kappa shape index (κ2) is 8.66. The molecule has 1 aromatic carbocycles. The third kappa shape index (κ3) is 4.69. The lowest BCUT2D eigenvalue weighted by Crippen LogP contribution is -2.55. The molecule has 29 heavy (non-hydrogen) atoms. The topological polar surface area (TPSA) is 115 Å². The van der Waals surface area contributed by atoms with Gasteiger partial charge in [-0.05, 0) is 26.3 Å². The molecule has 0 aromatic heterocycles. The van der Waals surface area contributed by atoms with Crippen LogP contribution in [0.3, 0.4) is 0 Å². The normalized spacial score (nSPS) is 27.2. The number of amides is 1. The lowest BCUT2D eigenvalue weighted by molar-refractivity contribution is -0.176. The Balaban J connectivity index is 1.75. The number of aliphatic hydroxyl groups is 2. The quantitative estimate of drug-likeness (QED) is 0.664. The third-order valence-electron chi connectivity index (χ3n) is 4.94. The van der Waals surface area contributed by atoms with Gasteiger partial charge in [0.1, 0.15) is 24.9 Å². The summed E-state index contributed by atoms with van der Waals surface area (Å²) in [5, 5.41) is 20.9. The van der Waals surface area contributed by atoms with E-state index in [1.54, 1.807) is 20.8 Å². The molecular formula is C20H27NO8. The smallest absolute Gasteiger partial charge is 0.410 e. The van der Waals surface area contributed by atoms with Gasteiger partial charge < -0.3 is 29.2 Å². The Bertz CT molecular complexity index is 724. The second-order valence-electron chi connectivity index (χ2n) is 7.51. The molecule has 2 saturated heterocycles. The van der Waals surface area contributed by atoms with Crippen LogP contribution in [-0.4, -0.2) is 76.6 Å². The Morgan fingerprint density at radius 1 is 1.21 bits per heavy atom. The average molecular weight is 409 g/mol. The molecule has 0 aliphatic carbocycles. The fraction of sp³-hybridized carbons (Fsp3) is 0.600. The van der Waals surface area contributed by atoms with Gasteiger partial charge in [-0.3, -0.25) is 4.90 Å². The van der Waals surface area contributed by atoms with Crippen molar-refractivity contribution in [2.75, 3.05) is 13.2 Å². The molecule has 160 valence electrons. The summed E-state index contributed by atoms with van der Waals surface area (Å²) in [5.74, 6) is -1.89. The van der Waals surface area contributed by atoms with E-state index < -0.39 is 48.3 Å². The maximum absolute atomic E-state index is 12.7. The predicted octanol–water partition coefficient (Wildman–Crippen LogP) is 0.812. The maximum atomic E-state index is 12.7. The lowest BCUT2D eigenvalue weighted by Gasteiger charge is -2.33. The standard InChI is InChI=1S/C20H27NO8/c1-4-26-18(24)16(23)15(22)14-17-13(28-20(2,3)29-17)10-21(14)19(25)27-11-12-8-6-5-7-9-12/h5-9,13-17,22-23H,4,10-11H2,1-3H3/t13-,14+,15-,16+,17-/m0/s1. The Labute approximate surface area is 169 Å². The number of rotatable bonds is 6. The zero-order chi connectivity index (χ0) is 21.2. The predicted molar refractivity (Wildman–Crippen MR) is 99.6 cm³/mol. The maximum Gasteiger partial charge on any atom is 0.410 e. The zero-order valence-electron chi connectivity index (χ0n) is 16.7. The van der Waals surface area contributed by atoms with Crippen molar-refractivity contribution < 1.29 is 38.7 Å². The first-order valence-corrected chi connectivity index (χ1v) is 9.59. The highest BCUT2D eigenvalue weighted by Gasteiger charge is 2.58. The number of hydrogen-bond acceptors (Lipinski definition) is 8. The van der Waals surface area contributed by atoms with Crippen molar-refractivity contribution in [2.45, 2.75) is 63.6 Å². The molecule has 2 N–H and O–H groups in total. The number of aliphatic hydroxyl groups excluding tert-OH is 2. The minimum atomic E-state index is -1.84. The summed E-state index contributed by atoms with van der Waals surface area (Å²) in [6, 6.07) is 8.11. The number of ether oxygens (including phenoxy) is 4. The molecule has 3 rings (SSSR count). The Hall–Kier alpha value is -2.20. The van der Waals surface area contributed by atoms with Crippen LogP contribution in [0, 0.1) is 0 Å². The number of nitrogens with zero attached hydrogens (tertiary/aromatic N) is 1. The van der Waals surface area contributed by atoms with E-state index in [0.29, 0.717) is 0 Å². The van der Waals surface area contributed by atoms with Gasteiger partial charge in [-0.15, -0.1) is 0 Å². The van der Waals surface area contributed by atoms with Crippen molar-refractivity contribution in [3.05, 3.63) is 35.9 Å². The SMILES string of the molecule is CCOC(=O)[C@H](O)[C@@H](O)[C@@H]1[C@H]2OC(C)(C)O[C@H]2CN1C(=O)OCc1ccccc1. The zero-order valence-corrected chi connectivity index (χ0v) is 16.7. The lowest BCUT2D eigenvalue weighted by atomic mass is 10.00. The summed E-state index contributed by atoms with van der Waals surface area (Å²) >= 11 is 0. The molecule has 2 aliphatic heterocycles. The van der Waals surface area contributed by atoms with Gasteiger partial charge in [0.15, 0.2) is 11.9 Å². The van der Waals surface area contributed by atoms with Crippen LogP contribution in [0.15, 0.2) is 30.3 Å². The molecule has 2 heterocycles. The number of benzene rings is 1. The highest BCUT2D eigenvalue weighted by atomic mass is 16.8. The van der Waals surface area contributed by atoms with E-state index in [9.17, 15) is 19.8 Å². The molecule has 0 bridgehead atoms. The van der Waals surface area contributed by atoms with Crippen LogP contribution in [0.5, 0.6) is 0 Å². The number of fused-ring (bicyclic) bond motifs is 1. The summed E-state index contributed by atoms with van der Waals surface area (Å²) in [5.41, 5.74) is 0.803. The first kappa shape index (κ1) is 21.5. The largest absolute Gasteiger partial charge is 0.464 e. The summed E-state index contributed by atoms with van der Waals surface area (Å²) in [7, 11) is 0. The first-order valence-electron chi connectivity index (χ1n) is 9.59. The van der Waals surface area contributed by atoms with Crippen molar-refractivity contribution in [2.24, 2.45) is 0 Å². The first-order chi connectivity index (χ1) is 13.7. The third-order valence-corrected chi connectivity index (χ3v) is 4.94. The van der Waals surface area contributed by atoms with Crippen LogP contribution in [-0.2, 0) is 30.3 Å². The van der Waals surface area contributed by atoms with Crippen molar-refractivity contribution in [1.29, 1.82) is 0 Å². The molecule has 0 spiro atoms. The highest BCUT2D eigenvalue weighted by molar-refractivity contribution is 5.76. The Morgan fingerprint density at radius 3 is 2.55 bits per heavy atom. The highest BCUT2D eigenvalue weighted by Crippen LogP contribution is 2.38. The van der Waals surface area contributed by atoms with Gasteiger partial charge in [0.25, 0.3) is 0 Å². The van der Waals surface area contributed by atoms with E-state index in [4.69, 9.17) is 18.9 Å². The Kier molecular flexibility index (Phi) is 6.42. The summed E-state index contributed by atoms with van der Waals surface area (Å²) in [6.45, 7) is 5.21. The van der Waals surface area contributed by atoms with Crippen LogP contribution >= 0.6 is 0 Å². The molecule has 2 fully saturated rings. The van der Waals surface area contributed by atoms with E-state index in [1.807, 2.05) is 30.3 Å². The van der Waals surface area contributed by atoms with Crippen LogP contribution in [0.25, 0.3) is 0 Å². The van der Waals surface area contributed by atoms with Gasteiger partial charge in [-0.25, -0.2) is 9.59 Å². The number of carbonyl (C=O) groups is 2.